The van der Waals surface area contributed by atoms with Crippen LogP contribution in [0.1, 0.15) is 20.3 Å². The van der Waals surface area contributed by atoms with Crippen LogP contribution in [0.4, 0.5) is 10.1 Å². The number of carboxylic acids is 1. The van der Waals surface area contributed by atoms with Gasteiger partial charge in [0.25, 0.3) is 0 Å². The van der Waals surface area contributed by atoms with Crippen molar-refractivity contribution in [3.8, 4) is 0 Å². The second kappa shape index (κ2) is 4.02. The molecule has 1 atom stereocenters. The number of anilines is 1. The molecule has 1 fully saturated rings. The van der Waals surface area contributed by atoms with Crippen LogP contribution in [0.15, 0.2) is 24.3 Å². The van der Waals surface area contributed by atoms with Crippen molar-refractivity contribution in [1.82, 2.24) is 0 Å². The first kappa shape index (κ1) is 11.9. The number of carbonyl (C=O) groups is 1. The van der Waals surface area contributed by atoms with Crippen molar-refractivity contribution in [3.05, 3.63) is 30.1 Å². The number of halogens is 1. The Balaban J connectivity index is 2.36. The van der Waals surface area contributed by atoms with Crippen molar-refractivity contribution >= 4 is 11.7 Å². The van der Waals surface area contributed by atoms with Gasteiger partial charge in [-0.2, -0.15) is 0 Å². The van der Waals surface area contributed by atoms with Crippen molar-refractivity contribution in [2.75, 3.05) is 11.4 Å². The van der Waals surface area contributed by atoms with Crippen LogP contribution < -0.4 is 4.90 Å². The highest BCUT2D eigenvalue weighted by atomic mass is 19.1. The topological polar surface area (TPSA) is 40.5 Å². The smallest absolute Gasteiger partial charge is 0.308 e. The molecule has 0 aromatic heterocycles. The van der Waals surface area contributed by atoms with Crippen LogP contribution in [-0.2, 0) is 4.79 Å². The van der Waals surface area contributed by atoms with Gasteiger partial charge >= 0.3 is 5.97 Å². The largest absolute Gasteiger partial charge is 0.481 e. The number of benzene rings is 1. The molecule has 0 spiro atoms. The Morgan fingerprint density at radius 2 is 2.12 bits per heavy atom. The van der Waals surface area contributed by atoms with E-state index in [1.807, 2.05) is 18.7 Å². The molecule has 1 aromatic carbocycles. The summed E-state index contributed by atoms with van der Waals surface area (Å²) >= 11 is 0. The molecule has 0 bridgehead atoms. The van der Waals surface area contributed by atoms with Crippen molar-refractivity contribution in [3.63, 3.8) is 0 Å². The van der Waals surface area contributed by atoms with Gasteiger partial charge in [0.1, 0.15) is 5.82 Å². The number of rotatable bonds is 2. The van der Waals surface area contributed by atoms with Crippen LogP contribution in [0.25, 0.3) is 0 Å². The fraction of sp³-hybridized carbons (Fsp3) is 0.462. The molecule has 1 saturated heterocycles. The van der Waals surface area contributed by atoms with Crippen LogP contribution in [0.2, 0.25) is 0 Å². The lowest BCUT2D eigenvalue weighted by atomic mass is 9.88. The standard InChI is InChI=1S/C13H16FNO2/c1-13(2)9(12(16)17)7-8-15(13)11-6-4-3-5-10(11)14/h3-6,9H,7-8H2,1-2H3,(H,16,17). The van der Waals surface area contributed by atoms with E-state index in [1.165, 1.54) is 6.07 Å². The minimum absolute atomic E-state index is 0.299. The Kier molecular flexibility index (Phi) is 2.81. The Morgan fingerprint density at radius 1 is 1.47 bits per heavy atom. The molecule has 1 aromatic rings. The second-order valence-corrected chi connectivity index (χ2v) is 4.94. The fourth-order valence-electron chi connectivity index (χ4n) is 2.61. The van der Waals surface area contributed by atoms with Crippen LogP contribution >= 0.6 is 0 Å². The molecule has 1 heterocycles. The summed E-state index contributed by atoms with van der Waals surface area (Å²) in [5.41, 5.74) is -0.0742. The van der Waals surface area contributed by atoms with Crippen LogP contribution in [0.3, 0.4) is 0 Å². The molecule has 4 heteroatoms. The zero-order valence-corrected chi connectivity index (χ0v) is 9.98. The molecular weight excluding hydrogens is 221 g/mol. The van der Waals surface area contributed by atoms with Crippen LogP contribution in [0.5, 0.6) is 0 Å². The second-order valence-electron chi connectivity index (χ2n) is 4.94. The van der Waals surface area contributed by atoms with E-state index in [2.05, 4.69) is 0 Å². The van der Waals surface area contributed by atoms with Crippen LogP contribution in [-0.4, -0.2) is 23.2 Å². The summed E-state index contributed by atoms with van der Waals surface area (Å²) in [6.45, 7) is 4.28. The third-order valence-corrected chi connectivity index (χ3v) is 3.63. The summed E-state index contributed by atoms with van der Waals surface area (Å²) in [6, 6.07) is 6.50. The first-order valence-electron chi connectivity index (χ1n) is 5.69. The number of hydrogen-bond acceptors (Lipinski definition) is 2. The van der Waals surface area contributed by atoms with E-state index < -0.39 is 17.4 Å². The summed E-state index contributed by atoms with van der Waals surface area (Å²) in [5, 5.41) is 9.16. The molecule has 0 aliphatic carbocycles. The number of aliphatic carboxylic acids is 1. The van der Waals surface area contributed by atoms with Crippen molar-refractivity contribution in [2.45, 2.75) is 25.8 Å². The molecule has 0 amide bonds. The zero-order valence-electron chi connectivity index (χ0n) is 9.98. The molecule has 1 unspecified atom stereocenters. The SMILES string of the molecule is CC1(C)C(C(=O)O)CCN1c1ccccc1F. The van der Waals surface area contributed by atoms with Gasteiger partial charge < -0.3 is 10.0 Å². The van der Waals surface area contributed by atoms with E-state index in [-0.39, 0.29) is 5.82 Å². The van der Waals surface area contributed by atoms with Crippen molar-refractivity contribution in [1.29, 1.82) is 0 Å². The monoisotopic (exact) mass is 237 g/mol. The molecule has 1 N–H and O–H groups in total. The highest BCUT2D eigenvalue weighted by Gasteiger charge is 2.45. The zero-order chi connectivity index (χ0) is 12.6. The van der Waals surface area contributed by atoms with E-state index >= 15 is 0 Å². The van der Waals surface area contributed by atoms with Gasteiger partial charge in [-0.3, -0.25) is 4.79 Å². The van der Waals surface area contributed by atoms with Crippen molar-refractivity contribution in [2.24, 2.45) is 5.92 Å². The van der Waals surface area contributed by atoms with Crippen LogP contribution in [0, 0.1) is 11.7 Å². The first-order chi connectivity index (χ1) is 7.94. The fourth-order valence-corrected chi connectivity index (χ4v) is 2.61. The average molecular weight is 237 g/mol. The number of carboxylic acid groups (broad SMARTS) is 1. The van der Waals surface area contributed by atoms with Gasteiger partial charge in [-0.25, -0.2) is 4.39 Å². The third-order valence-electron chi connectivity index (χ3n) is 3.63. The Labute approximate surface area is 99.9 Å². The predicted octanol–water partition coefficient (Wildman–Crippen LogP) is 2.52. The lowest BCUT2D eigenvalue weighted by Gasteiger charge is -2.36. The van der Waals surface area contributed by atoms with Gasteiger partial charge in [0.05, 0.1) is 11.6 Å². The maximum atomic E-state index is 13.7. The third kappa shape index (κ3) is 1.88. The summed E-state index contributed by atoms with van der Waals surface area (Å²) in [7, 11) is 0. The molecule has 0 radical (unpaired) electrons. The Morgan fingerprint density at radius 3 is 2.65 bits per heavy atom. The molecule has 3 nitrogen and oxygen atoms in total. The minimum atomic E-state index is -0.811. The van der Waals surface area contributed by atoms with Gasteiger partial charge in [0.2, 0.25) is 0 Å². The molecule has 1 aliphatic heterocycles. The minimum Gasteiger partial charge on any atom is -0.481 e. The maximum Gasteiger partial charge on any atom is 0.308 e. The van der Waals surface area contributed by atoms with Gasteiger partial charge in [0.15, 0.2) is 0 Å². The van der Waals surface area contributed by atoms with Gasteiger partial charge in [-0.05, 0) is 32.4 Å². The predicted molar refractivity (Wildman–Crippen MR) is 63.6 cm³/mol. The lowest BCUT2D eigenvalue weighted by Crippen LogP contribution is -2.45. The summed E-state index contributed by atoms with van der Waals surface area (Å²) in [5.74, 6) is -1.57. The maximum absolute atomic E-state index is 13.7. The molecular formula is C13H16FNO2. The molecule has 1 aliphatic rings. The van der Waals surface area contributed by atoms with Gasteiger partial charge in [0, 0.05) is 12.1 Å². The highest BCUT2D eigenvalue weighted by Crippen LogP contribution is 2.39. The highest BCUT2D eigenvalue weighted by molar-refractivity contribution is 5.74. The van der Waals surface area contributed by atoms with E-state index in [0.29, 0.717) is 18.7 Å². The van der Waals surface area contributed by atoms with E-state index in [1.54, 1.807) is 18.2 Å². The van der Waals surface area contributed by atoms with Crippen molar-refractivity contribution < 1.29 is 14.3 Å². The molecule has 17 heavy (non-hydrogen) atoms. The summed E-state index contributed by atoms with van der Waals surface area (Å²) < 4.78 is 13.7. The Hall–Kier alpha value is -1.58. The number of para-hydroxylation sites is 1. The molecule has 0 saturated carbocycles. The van der Waals surface area contributed by atoms with E-state index in [9.17, 15) is 9.18 Å². The lowest BCUT2D eigenvalue weighted by molar-refractivity contribution is -0.142. The Bertz CT molecular complexity index is 445. The number of hydrogen-bond donors (Lipinski definition) is 1. The van der Waals surface area contributed by atoms with E-state index in [4.69, 9.17) is 5.11 Å². The molecule has 92 valence electrons. The van der Waals surface area contributed by atoms with E-state index in [0.717, 1.165) is 0 Å². The average Bonchev–Trinajstić information content (AvgIpc) is 2.54. The number of nitrogens with zero attached hydrogens (tertiary/aromatic N) is 1. The van der Waals surface area contributed by atoms with Gasteiger partial charge in [-0.1, -0.05) is 12.1 Å². The first-order valence-corrected chi connectivity index (χ1v) is 5.69. The summed E-state index contributed by atoms with van der Waals surface area (Å²) in [4.78, 5) is 13.0. The normalized spacial score (nSPS) is 22.8. The molecule has 2 rings (SSSR count). The van der Waals surface area contributed by atoms with Gasteiger partial charge in [-0.15, -0.1) is 0 Å². The summed E-state index contributed by atoms with van der Waals surface area (Å²) in [6.07, 6.45) is 0.552. The quantitative estimate of drug-likeness (QED) is 0.859.